The lowest BCUT2D eigenvalue weighted by Gasteiger charge is -2.30. The molecule has 4 heterocycles. The molecule has 4 N–H and O–H groups in total. The van der Waals surface area contributed by atoms with Crippen LogP contribution in [-0.4, -0.2) is 65.3 Å². The van der Waals surface area contributed by atoms with Crippen molar-refractivity contribution in [1.82, 2.24) is 25.3 Å². The van der Waals surface area contributed by atoms with E-state index in [0.717, 1.165) is 65.9 Å². The van der Waals surface area contributed by atoms with Crippen molar-refractivity contribution in [2.75, 3.05) is 44.3 Å². The Bertz CT molecular complexity index is 1450. The van der Waals surface area contributed by atoms with Gasteiger partial charge in [-0.1, -0.05) is 0 Å². The number of nitrogens with zero attached hydrogens (tertiary/aromatic N) is 4. The van der Waals surface area contributed by atoms with Gasteiger partial charge in [-0.05, 0) is 60.8 Å². The molecule has 0 radical (unpaired) electrons. The van der Waals surface area contributed by atoms with Crippen molar-refractivity contribution < 1.29 is 13.9 Å². The summed E-state index contributed by atoms with van der Waals surface area (Å²) in [6.07, 6.45) is 4.35. The predicted molar refractivity (Wildman–Crippen MR) is 136 cm³/mol. The number of H-pyrrole nitrogens is 1. The standard InChI is InChI=1S/C26H28FN7O2/c1-15-8-22(27)20(24-21(26(28)35)14-30-32-24)11-19(15)16-9-17-12-31-34(18-2-3-29-13-18)25(17)23(10-16)33-4-6-36-7-5-33/h8-12,14,18,29H,2-7,13H2,1H3,(H2,28,35)(H,30,32). The van der Waals surface area contributed by atoms with Gasteiger partial charge >= 0.3 is 0 Å². The van der Waals surface area contributed by atoms with Gasteiger partial charge in [-0.2, -0.15) is 10.2 Å². The Morgan fingerprint density at radius 3 is 2.78 bits per heavy atom. The second-order valence-electron chi connectivity index (χ2n) is 9.43. The number of fused-ring (bicyclic) bond motifs is 1. The van der Waals surface area contributed by atoms with Crippen LogP contribution < -0.4 is 16.0 Å². The van der Waals surface area contributed by atoms with Crippen LogP contribution >= 0.6 is 0 Å². The Labute approximate surface area is 207 Å². The minimum atomic E-state index is -0.662. The summed E-state index contributed by atoms with van der Waals surface area (Å²) < 4.78 is 22.9. The number of hydrogen-bond acceptors (Lipinski definition) is 6. The van der Waals surface area contributed by atoms with Crippen molar-refractivity contribution in [2.45, 2.75) is 19.4 Å². The summed E-state index contributed by atoms with van der Waals surface area (Å²) in [6.45, 7) is 6.67. The van der Waals surface area contributed by atoms with Gasteiger partial charge in [0, 0.05) is 36.8 Å². The fourth-order valence-corrected chi connectivity index (χ4v) is 5.35. The Morgan fingerprint density at radius 1 is 1.19 bits per heavy atom. The molecule has 0 bridgehead atoms. The van der Waals surface area contributed by atoms with Crippen molar-refractivity contribution in [1.29, 1.82) is 0 Å². The molecule has 0 spiro atoms. The SMILES string of the molecule is Cc1cc(F)c(-c2n[nH]cc2C(N)=O)cc1-c1cc(N2CCOCC2)c2c(cnn2C2CCNC2)c1. The van der Waals surface area contributed by atoms with Crippen LogP contribution in [0.4, 0.5) is 10.1 Å². The lowest BCUT2D eigenvalue weighted by molar-refractivity contribution is 0.100. The molecule has 1 atom stereocenters. The molecular formula is C26H28FN7O2. The normalized spacial score (nSPS) is 18.3. The molecule has 6 rings (SSSR count). The molecular weight excluding hydrogens is 461 g/mol. The zero-order chi connectivity index (χ0) is 24.8. The number of aromatic amines is 1. The molecule has 2 saturated heterocycles. The number of aryl methyl sites for hydroxylation is 1. The number of rotatable bonds is 5. The van der Waals surface area contributed by atoms with Crippen molar-refractivity contribution in [3.05, 3.63) is 53.6 Å². The quantitative estimate of drug-likeness (QED) is 0.397. The molecule has 2 fully saturated rings. The molecule has 0 aliphatic carbocycles. The third-order valence-electron chi connectivity index (χ3n) is 7.19. The van der Waals surface area contributed by atoms with E-state index in [4.69, 9.17) is 15.6 Å². The third kappa shape index (κ3) is 3.82. The highest BCUT2D eigenvalue weighted by Crippen LogP contribution is 2.39. The number of anilines is 1. The highest BCUT2D eigenvalue weighted by atomic mass is 19.1. The molecule has 2 aliphatic heterocycles. The number of carbonyl (C=O) groups is 1. The molecule has 0 saturated carbocycles. The Hall–Kier alpha value is -3.76. The first-order valence-electron chi connectivity index (χ1n) is 12.2. The van der Waals surface area contributed by atoms with Crippen LogP contribution in [0, 0.1) is 12.7 Å². The molecule has 2 aliphatic rings. The number of morpholine rings is 1. The van der Waals surface area contributed by atoms with E-state index < -0.39 is 11.7 Å². The summed E-state index contributed by atoms with van der Waals surface area (Å²) in [7, 11) is 0. The molecule has 10 heteroatoms. The Kier molecular flexibility index (Phi) is 5.69. The maximum atomic E-state index is 15.1. The lowest BCUT2D eigenvalue weighted by Crippen LogP contribution is -2.36. The Balaban J connectivity index is 1.53. The molecule has 1 unspecified atom stereocenters. The second-order valence-corrected chi connectivity index (χ2v) is 9.43. The van der Waals surface area contributed by atoms with Gasteiger partial charge in [0.05, 0.1) is 42.2 Å². The van der Waals surface area contributed by atoms with E-state index in [2.05, 4.69) is 37.2 Å². The van der Waals surface area contributed by atoms with Crippen molar-refractivity contribution in [3.8, 4) is 22.4 Å². The number of benzene rings is 2. The summed E-state index contributed by atoms with van der Waals surface area (Å²) in [6, 6.07) is 7.81. The van der Waals surface area contributed by atoms with Crippen molar-refractivity contribution in [2.24, 2.45) is 5.73 Å². The number of nitrogens with one attached hydrogen (secondary N) is 2. The number of primary amides is 1. The molecule has 2 aromatic carbocycles. The van der Waals surface area contributed by atoms with Gasteiger partial charge in [0.1, 0.15) is 11.5 Å². The number of halogens is 1. The molecule has 186 valence electrons. The van der Waals surface area contributed by atoms with Crippen LogP contribution in [0.2, 0.25) is 0 Å². The van der Waals surface area contributed by atoms with Crippen LogP contribution in [0.15, 0.2) is 36.7 Å². The summed E-state index contributed by atoms with van der Waals surface area (Å²) in [5.41, 5.74) is 10.9. The first-order valence-corrected chi connectivity index (χ1v) is 12.2. The number of hydrogen-bond donors (Lipinski definition) is 3. The van der Waals surface area contributed by atoms with Gasteiger partial charge in [-0.15, -0.1) is 0 Å². The van der Waals surface area contributed by atoms with Gasteiger partial charge in [0.25, 0.3) is 5.91 Å². The maximum Gasteiger partial charge on any atom is 0.252 e. The second kappa shape index (κ2) is 9.03. The molecule has 9 nitrogen and oxygen atoms in total. The van der Waals surface area contributed by atoms with E-state index >= 15 is 4.39 Å². The average Bonchev–Trinajstić information content (AvgIpc) is 3.64. The lowest BCUT2D eigenvalue weighted by atomic mass is 9.94. The summed E-state index contributed by atoms with van der Waals surface area (Å²) in [5.74, 6) is -1.12. The number of ether oxygens (including phenoxy) is 1. The number of aromatic nitrogens is 4. The van der Waals surface area contributed by atoms with Gasteiger partial charge < -0.3 is 20.7 Å². The zero-order valence-electron chi connectivity index (χ0n) is 20.1. The van der Waals surface area contributed by atoms with Crippen molar-refractivity contribution >= 4 is 22.5 Å². The summed E-state index contributed by atoms with van der Waals surface area (Å²) in [5, 5.41) is 16.0. The minimum Gasteiger partial charge on any atom is -0.378 e. The van der Waals surface area contributed by atoms with E-state index in [1.165, 1.54) is 12.3 Å². The van der Waals surface area contributed by atoms with E-state index in [0.29, 0.717) is 19.3 Å². The van der Waals surface area contributed by atoms with E-state index in [1.54, 1.807) is 6.07 Å². The van der Waals surface area contributed by atoms with E-state index in [9.17, 15) is 4.79 Å². The number of nitrogens with two attached hydrogens (primary N) is 1. The minimum absolute atomic E-state index is 0.152. The third-order valence-corrected chi connectivity index (χ3v) is 7.19. The van der Waals surface area contributed by atoms with Gasteiger partial charge in [0.2, 0.25) is 0 Å². The van der Waals surface area contributed by atoms with Crippen LogP contribution in [-0.2, 0) is 4.74 Å². The Morgan fingerprint density at radius 2 is 2.03 bits per heavy atom. The molecule has 2 aromatic heterocycles. The largest absolute Gasteiger partial charge is 0.378 e. The van der Waals surface area contributed by atoms with Crippen LogP contribution in [0.3, 0.4) is 0 Å². The average molecular weight is 490 g/mol. The monoisotopic (exact) mass is 489 g/mol. The van der Waals surface area contributed by atoms with Gasteiger partial charge in [0.15, 0.2) is 0 Å². The van der Waals surface area contributed by atoms with Crippen LogP contribution in [0.1, 0.15) is 28.4 Å². The van der Waals surface area contributed by atoms with E-state index in [1.807, 2.05) is 13.1 Å². The van der Waals surface area contributed by atoms with Crippen LogP contribution in [0.25, 0.3) is 33.3 Å². The topological polar surface area (TPSA) is 114 Å². The summed E-state index contributed by atoms with van der Waals surface area (Å²) in [4.78, 5) is 14.2. The molecule has 1 amide bonds. The molecule has 4 aromatic rings. The zero-order valence-corrected chi connectivity index (χ0v) is 20.1. The maximum absolute atomic E-state index is 15.1. The summed E-state index contributed by atoms with van der Waals surface area (Å²) >= 11 is 0. The number of carbonyl (C=O) groups excluding carboxylic acids is 1. The van der Waals surface area contributed by atoms with Crippen molar-refractivity contribution in [3.63, 3.8) is 0 Å². The fraction of sp³-hybridized carbons (Fsp3) is 0.346. The first kappa shape index (κ1) is 22.7. The predicted octanol–water partition coefficient (Wildman–Crippen LogP) is 3.01. The fourth-order valence-electron chi connectivity index (χ4n) is 5.35. The first-order chi connectivity index (χ1) is 17.5. The van der Waals surface area contributed by atoms with Gasteiger partial charge in [-0.3, -0.25) is 14.6 Å². The smallest absolute Gasteiger partial charge is 0.252 e. The van der Waals surface area contributed by atoms with E-state index in [-0.39, 0.29) is 16.8 Å². The van der Waals surface area contributed by atoms with Gasteiger partial charge in [-0.25, -0.2) is 4.39 Å². The van der Waals surface area contributed by atoms with Crippen LogP contribution in [0.5, 0.6) is 0 Å². The highest BCUT2D eigenvalue weighted by Gasteiger charge is 2.25. The molecule has 36 heavy (non-hydrogen) atoms. The highest BCUT2D eigenvalue weighted by molar-refractivity contribution is 6.00. The number of amides is 1.